The van der Waals surface area contributed by atoms with Crippen LogP contribution < -0.4 is 10.5 Å². The SMILES string of the molecule is NS(=O)(=O)CCCNC(=O)Cc1cccs1. The van der Waals surface area contributed by atoms with E-state index in [2.05, 4.69) is 5.32 Å². The quantitative estimate of drug-likeness (QED) is 0.712. The average Bonchev–Trinajstić information content (AvgIpc) is 2.63. The molecule has 0 fully saturated rings. The predicted molar refractivity (Wildman–Crippen MR) is 63.6 cm³/mol. The molecule has 0 bridgehead atoms. The molecular formula is C9H14N2O3S2. The number of nitrogens with two attached hydrogens (primary N) is 1. The molecule has 7 heteroatoms. The zero-order valence-electron chi connectivity index (χ0n) is 8.68. The highest BCUT2D eigenvalue weighted by atomic mass is 32.2. The molecule has 3 N–H and O–H groups in total. The van der Waals surface area contributed by atoms with Crippen LogP contribution in [0.2, 0.25) is 0 Å². The largest absolute Gasteiger partial charge is 0.356 e. The lowest BCUT2D eigenvalue weighted by Crippen LogP contribution is -2.28. The summed E-state index contributed by atoms with van der Waals surface area (Å²) in [6.45, 7) is 0.334. The molecule has 0 aliphatic carbocycles. The molecule has 0 aliphatic heterocycles. The maximum atomic E-state index is 11.3. The number of rotatable bonds is 6. The summed E-state index contributed by atoms with van der Waals surface area (Å²) >= 11 is 1.52. The van der Waals surface area contributed by atoms with Crippen LogP contribution in [0.3, 0.4) is 0 Å². The molecule has 1 aromatic heterocycles. The fraction of sp³-hybridized carbons (Fsp3) is 0.444. The third-order valence-electron chi connectivity index (χ3n) is 1.84. The second kappa shape index (κ2) is 5.97. The van der Waals surface area contributed by atoms with Gasteiger partial charge in [-0.1, -0.05) is 6.07 Å². The van der Waals surface area contributed by atoms with Gasteiger partial charge in [0.05, 0.1) is 12.2 Å². The highest BCUT2D eigenvalue weighted by Crippen LogP contribution is 2.08. The van der Waals surface area contributed by atoms with E-state index >= 15 is 0 Å². The van der Waals surface area contributed by atoms with Gasteiger partial charge in [-0.25, -0.2) is 13.6 Å². The summed E-state index contributed by atoms with van der Waals surface area (Å²) in [6.07, 6.45) is 0.683. The molecule has 0 atom stereocenters. The van der Waals surface area contributed by atoms with E-state index in [-0.39, 0.29) is 11.7 Å². The van der Waals surface area contributed by atoms with E-state index in [9.17, 15) is 13.2 Å². The Hall–Kier alpha value is -0.920. The third-order valence-corrected chi connectivity index (χ3v) is 3.58. The first-order valence-corrected chi connectivity index (χ1v) is 7.36. The Morgan fingerprint density at radius 3 is 2.81 bits per heavy atom. The van der Waals surface area contributed by atoms with Crippen LogP contribution in [0.25, 0.3) is 0 Å². The van der Waals surface area contributed by atoms with Crippen LogP contribution in [0.15, 0.2) is 17.5 Å². The molecule has 0 spiro atoms. The van der Waals surface area contributed by atoms with Crippen molar-refractivity contribution < 1.29 is 13.2 Å². The second-order valence-corrected chi connectivity index (χ2v) is 6.09. The highest BCUT2D eigenvalue weighted by Gasteiger charge is 2.05. The van der Waals surface area contributed by atoms with E-state index in [1.54, 1.807) is 0 Å². The summed E-state index contributed by atoms with van der Waals surface area (Å²) in [5.74, 6) is -0.205. The number of primary sulfonamides is 1. The fourth-order valence-electron chi connectivity index (χ4n) is 1.14. The lowest BCUT2D eigenvalue weighted by molar-refractivity contribution is -0.120. The van der Waals surface area contributed by atoms with E-state index in [0.29, 0.717) is 19.4 Å². The zero-order chi connectivity index (χ0) is 12.0. The number of hydrogen-bond acceptors (Lipinski definition) is 4. The monoisotopic (exact) mass is 262 g/mol. The number of nitrogens with one attached hydrogen (secondary N) is 1. The Kier molecular flexibility index (Phi) is 4.91. The van der Waals surface area contributed by atoms with Crippen LogP contribution in [0.5, 0.6) is 0 Å². The van der Waals surface area contributed by atoms with Gasteiger partial charge in [0.2, 0.25) is 15.9 Å². The van der Waals surface area contributed by atoms with Crippen LogP contribution in [0, 0.1) is 0 Å². The lowest BCUT2D eigenvalue weighted by Gasteiger charge is -2.03. The van der Waals surface area contributed by atoms with Crippen molar-refractivity contribution in [2.24, 2.45) is 5.14 Å². The second-order valence-electron chi connectivity index (χ2n) is 3.33. The van der Waals surface area contributed by atoms with E-state index in [0.717, 1.165) is 4.88 Å². The Balaban J connectivity index is 2.16. The van der Waals surface area contributed by atoms with Crippen LogP contribution in [0.1, 0.15) is 11.3 Å². The van der Waals surface area contributed by atoms with Crippen molar-refractivity contribution in [3.63, 3.8) is 0 Å². The van der Waals surface area contributed by atoms with Gasteiger partial charge in [0.1, 0.15) is 0 Å². The number of amides is 1. The molecule has 1 heterocycles. The maximum absolute atomic E-state index is 11.3. The summed E-state index contributed by atoms with van der Waals surface area (Å²) < 4.78 is 21.2. The molecular weight excluding hydrogens is 248 g/mol. The van der Waals surface area contributed by atoms with Gasteiger partial charge in [0, 0.05) is 11.4 Å². The normalized spacial score (nSPS) is 11.3. The molecule has 0 aliphatic rings. The summed E-state index contributed by atoms with van der Waals surface area (Å²) in [5.41, 5.74) is 0. The van der Waals surface area contributed by atoms with Crippen LogP contribution in [0.4, 0.5) is 0 Å². The van der Waals surface area contributed by atoms with Crippen molar-refractivity contribution in [2.75, 3.05) is 12.3 Å². The van der Waals surface area contributed by atoms with Crippen molar-refractivity contribution in [3.05, 3.63) is 22.4 Å². The van der Waals surface area contributed by atoms with E-state index < -0.39 is 10.0 Å². The van der Waals surface area contributed by atoms with Gasteiger partial charge in [-0.2, -0.15) is 0 Å². The first-order valence-electron chi connectivity index (χ1n) is 4.77. The van der Waals surface area contributed by atoms with Crippen molar-refractivity contribution >= 4 is 27.3 Å². The van der Waals surface area contributed by atoms with E-state index in [1.165, 1.54) is 11.3 Å². The van der Waals surface area contributed by atoms with Crippen molar-refractivity contribution in [2.45, 2.75) is 12.8 Å². The van der Waals surface area contributed by atoms with Crippen molar-refractivity contribution in [1.82, 2.24) is 5.32 Å². The number of thiophene rings is 1. The topological polar surface area (TPSA) is 89.3 Å². The summed E-state index contributed by atoms with van der Waals surface area (Å²) in [4.78, 5) is 12.3. The Morgan fingerprint density at radius 1 is 1.50 bits per heavy atom. The smallest absolute Gasteiger partial charge is 0.225 e. The van der Waals surface area contributed by atoms with Gasteiger partial charge in [-0.15, -0.1) is 11.3 Å². The minimum atomic E-state index is -3.42. The predicted octanol–water partition coefficient (Wildman–Crippen LogP) is 0.0854. The number of carbonyl (C=O) groups is 1. The molecule has 1 amide bonds. The van der Waals surface area contributed by atoms with Crippen molar-refractivity contribution in [3.8, 4) is 0 Å². The van der Waals surface area contributed by atoms with Crippen LogP contribution in [-0.2, 0) is 21.2 Å². The van der Waals surface area contributed by atoms with E-state index in [4.69, 9.17) is 5.14 Å². The van der Waals surface area contributed by atoms with Crippen molar-refractivity contribution in [1.29, 1.82) is 0 Å². The molecule has 0 saturated heterocycles. The Morgan fingerprint density at radius 2 is 2.25 bits per heavy atom. The summed E-state index contributed by atoms with van der Waals surface area (Å²) in [6, 6.07) is 3.77. The zero-order valence-corrected chi connectivity index (χ0v) is 10.3. The van der Waals surface area contributed by atoms with Gasteiger partial charge in [-0.05, 0) is 17.9 Å². The van der Waals surface area contributed by atoms with Gasteiger partial charge in [-0.3, -0.25) is 4.79 Å². The first-order chi connectivity index (χ1) is 7.47. The Labute approximate surface area is 98.7 Å². The summed E-state index contributed by atoms with van der Waals surface area (Å²) in [7, 11) is -3.42. The third kappa shape index (κ3) is 5.84. The van der Waals surface area contributed by atoms with Gasteiger partial charge < -0.3 is 5.32 Å². The summed E-state index contributed by atoms with van der Waals surface area (Å²) in [5, 5.41) is 9.37. The van der Waals surface area contributed by atoms with Crippen LogP contribution >= 0.6 is 11.3 Å². The number of hydrogen-bond donors (Lipinski definition) is 2. The van der Waals surface area contributed by atoms with Crippen LogP contribution in [-0.4, -0.2) is 26.6 Å². The molecule has 0 saturated carbocycles. The standard InChI is InChI=1S/C9H14N2O3S2/c10-16(13,14)6-2-4-11-9(12)7-8-3-1-5-15-8/h1,3,5H,2,4,6-7H2,(H,11,12)(H2,10,13,14). The molecule has 1 rings (SSSR count). The minimum Gasteiger partial charge on any atom is -0.356 e. The number of sulfonamides is 1. The molecule has 5 nitrogen and oxygen atoms in total. The average molecular weight is 262 g/mol. The first kappa shape index (κ1) is 13.1. The maximum Gasteiger partial charge on any atom is 0.225 e. The fourth-order valence-corrected chi connectivity index (χ4v) is 2.39. The lowest BCUT2D eigenvalue weighted by atomic mass is 10.3. The van der Waals surface area contributed by atoms with Gasteiger partial charge in [0.15, 0.2) is 0 Å². The molecule has 0 radical (unpaired) electrons. The highest BCUT2D eigenvalue weighted by molar-refractivity contribution is 7.89. The van der Waals surface area contributed by atoms with Gasteiger partial charge in [0.25, 0.3) is 0 Å². The Bertz CT molecular complexity index is 426. The molecule has 16 heavy (non-hydrogen) atoms. The molecule has 1 aromatic rings. The number of carbonyl (C=O) groups excluding carboxylic acids is 1. The molecule has 90 valence electrons. The van der Waals surface area contributed by atoms with Gasteiger partial charge >= 0.3 is 0 Å². The molecule has 0 aromatic carbocycles. The minimum absolute atomic E-state index is 0.100. The molecule has 0 unspecified atom stereocenters. The van der Waals surface area contributed by atoms with E-state index in [1.807, 2.05) is 17.5 Å².